The van der Waals surface area contributed by atoms with Crippen molar-refractivity contribution in [1.82, 2.24) is 0 Å². The number of ether oxygens (including phenoxy) is 2. The number of aliphatic hydroxyl groups is 3. The summed E-state index contributed by atoms with van der Waals surface area (Å²) in [6.45, 7) is 3.72. The van der Waals surface area contributed by atoms with E-state index in [-0.39, 0.29) is 30.5 Å². The van der Waals surface area contributed by atoms with Crippen LogP contribution < -0.4 is 4.74 Å². The molecular weight excluding hydrogens is 432 g/mol. The van der Waals surface area contributed by atoms with Gasteiger partial charge in [0.2, 0.25) is 0 Å². The second-order valence-electron chi connectivity index (χ2n) is 8.47. The van der Waals surface area contributed by atoms with Gasteiger partial charge >= 0.3 is 5.97 Å². The molecule has 0 saturated heterocycles. The number of hydrogen-bond acceptors (Lipinski definition) is 6. The van der Waals surface area contributed by atoms with Gasteiger partial charge in [-0.2, -0.15) is 0 Å². The zero-order valence-electron chi connectivity index (χ0n) is 18.8. The van der Waals surface area contributed by atoms with Crippen molar-refractivity contribution in [3.05, 3.63) is 53.6 Å². The Morgan fingerprint density at radius 3 is 2.75 bits per heavy atom. The Balaban J connectivity index is 1.78. The number of unbranched alkanes of at least 4 members (excludes halogenated alkanes) is 1. The molecule has 0 amide bonds. The van der Waals surface area contributed by atoms with Gasteiger partial charge in [-0.1, -0.05) is 42.0 Å². The van der Waals surface area contributed by atoms with Crippen LogP contribution in [0.5, 0.6) is 5.75 Å². The highest BCUT2D eigenvalue weighted by atomic mass is 35.5. The standard InChI is InChI=1S/C25H35ClO6/c1-17(2)32-25(30)11-6-4-3-5-10-21-22(24(29)15-23(21)28)13-12-19(27)16-31-20-9-7-8-18(26)14-20/h3,5,7-9,12-14,17,19,21-24,27-29H,4,6,10-11,15-16H2,1-2H3/b5-3-,13-12+/t19-,21+,22+,23-,24-/m0/s1. The van der Waals surface area contributed by atoms with E-state index in [0.29, 0.717) is 36.5 Å². The summed E-state index contributed by atoms with van der Waals surface area (Å²) in [5.41, 5.74) is 0. The average Bonchev–Trinajstić information content (AvgIpc) is 2.99. The van der Waals surface area contributed by atoms with Crippen molar-refractivity contribution in [1.29, 1.82) is 0 Å². The number of allylic oxidation sites excluding steroid dienone is 2. The van der Waals surface area contributed by atoms with E-state index in [4.69, 9.17) is 21.1 Å². The van der Waals surface area contributed by atoms with Crippen LogP contribution in [0.25, 0.3) is 0 Å². The van der Waals surface area contributed by atoms with Gasteiger partial charge in [0, 0.05) is 23.8 Å². The Hall–Kier alpha value is -1.86. The number of halogens is 1. The van der Waals surface area contributed by atoms with Crippen LogP contribution in [0.4, 0.5) is 0 Å². The summed E-state index contributed by atoms with van der Waals surface area (Å²) in [5, 5.41) is 31.5. The van der Waals surface area contributed by atoms with Crippen LogP contribution in [0.1, 0.15) is 46.0 Å². The van der Waals surface area contributed by atoms with Crippen molar-refractivity contribution >= 4 is 17.6 Å². The first-order valence-corrected chi connectivity index (χ1v) is 11.6. The number of benzene rings is 1. The van der Waals surface area contributed by atoms with Gasteiger partial charge in [0.1, 0.15) is 18.5 Å². The lowest BCUT2D eigenvalue weighted by Gasteiger charge is -2.19. The molecule has 1 aromatic carbocycles. The normalized spacial score (nSPS) is 24.5. The zero-order valence-corrected chi connectivity index (χ0v) is 19.5. The largest absolute Gasteiger partial charge is 0.491 e. The van der Waals surface area contributed by atoms with Gasteiger partial charge in [-0.15, -0.1) is 0 Å². The van der Waals surface area contributed by atoms with E-state index in [0.717, 1.165) is 6.42 Å². The van der Waals surface area contributed by atoms with Crippen molar-refractivity contribution in [2.24, 2.45) is 11.8 Å². The van der Waals surface area contributed by atoms with Crippen molar-refractivity contribution in [2.45, 2.75) is 70.4 Å². The molecule has 0 aliphatic heterocycles. The highest BCUT2D eigenvalue weighted by molar-refractivity contribution is 6.30. The first-order valence-electron chi connectivity index (χ1n) is 11.2. The number of carbonyl (C=O) groups is 1. The number of aliphatic hydroxyl groups excluding tert-OH is 3. The summed E-state index contributed by atoms with van der Waals surface area (Å²) in [7, 11) is 0. The van der Waals surface area contributed by atoms with Crippen LogP contribution in [0.3, 0.4) is 0 Å². The predicted molar refractivity (Wildman–Crippen MR) is 125 cm³/mol. The van der Waals surface area contributed by atoms with Gasteiger partial charge in [-0.05, 0) is 57.2 Å². The lowest BCUT2D eigenvalue weighted by Crippen LogP contribution is -2.21. The summed E-state index contributed by atoms with van der Waals surface area (Å²) >= 11 is 5.92. The Labute approximate surface area is 195 Å². The minimum Gasteiger partial charge on any atom is -0.491 e. The molecule has 0 spiro atoms. The summed E-state index contributed by atoms with van der Waals surface area (Å²) in [6, 6.07) is 6.94. The van der Waals surface area contributed by atoms with Crippen molar-refractivity contribution in [2.75, 3.05) is 6.61 Å². The molecule has 5 atom stereocenters. The van der Waals surface area contributed by atoms with Crippen molar-refractivity contribution < 1.29 is 29.6 Å². The molecule has 178 valence electrons. The summed E-state index contributed by atoms with van der Waals surface area (Å²) in [5.74, 6) is -0.00598. The molecule has 1 aliphatic carbocycles. The Bertz CT molecular complexity index is 763. The monoisotopic (exact) mass is 466 g/mol. The molecule has 0 bridgehead atoms. The molecule has 7 heteroatoms. The van der Waals surface area contributed by atoms with Gasteiger partial charge in [-0.3, -0.25) is 4.79 Å². The second kappa shape index (κ2) is 13.6. The van der Waals surface area contributed by atoms with Crippen molar-refractivity contribution in [3.63, 3.8) is 0 Å². The molecule has 2 rings (SSSR count). The topological polar surface area (TPSA) is 96.2 Å². The van der Waals surface area contributed by atoms with E-state index >= 15 is 0 Å². The first-order chi connectivity index (χ1) is 15.3. The van der Waals surface area contributed by atoms with Gasteiger partial charge in [-0.25, -0.2) is 0 Å². The SMILES string of the molecule is CC(C)OC(=O)CCC/C=C\C[C@@H]1[C@@H](/C=C/[C@H](O)COc2cccc(Cl)c2)[C@@H](O)C[C@@H]1O. The maximum Gasteiger partial charge on any atom is 0.306 e. The second-order valence-corrected chi connectivity index (χ2v) is 8.91. The smallest absolute Gasteiger partial charge is 0.306 e. The third-order valence-electron chi connectivity index (χ3n) is 5.38. The molecule has 0 heterocycles. The highest BCUT2D eigenvalue weighted by Crippen LogP contribution is 2.36. The van der Waals surface area contributed by atoms with Crippen LogP contribution in [0, 0.1) is 11.8 Å². The van der Waals surface area contributed by atoms with E-state index in [9.17, 15) is 20.1 Å². The molecule has 0 aromatic heterocycles. The van der Waals surface area contributed by atoms with E-state index < -0.39 is 18.3 Å². The third-order valence-corrected chi connectivity index (χ3v) is 5.62. The molecule has 0 radical (unpaired) electrons. The fourth-order valence-corrected chi connectivity index (χ4v) is 3.99. The van der Waals surface area contributed by atoms with E-state index in [2.05, 4.69) is 0 Å². The molecule has 0 unspecified atom stereocenters. The highest BCUT2D eigenvalue weighted by Gasteiger charge is 2.39. The maximum atomic E-state index is 11.5. The van der Waals surface area contributed by atoms with Crippen LogP contribution in [-0.4, -0.2) is 52.3 Å². The lowest BCUT2D eigenvalue weighted by molar-refractivity contribution is -0.147. The number of carbonyl (C=O) groups excluding carboxylic acids is 1. The van der Waals surface area contributed by atoms with Gasteiger partial charge in [0.25, 0.3) is 0 Å². The van der Waals surface area contributed by atoms with Crippen LogP contribution in [0.15, 0.2) is 48.6 Å². The van der Waals surface area contributed by atoms with Crippen molar-refractivity contribution in [3.8, 4) is 5.75 Å². The fraction of sp³-hybridized carbons (Fsp3) is 0.560. The molecule has 1 aliphatic rings. The predicted octanol–water partition coefficient (Wildman–Crippen LogP) is 4.06. The number of esters is 1. The molecule has 1 fully saturated rings. The van der Waals surface area contributed by atoms with Gasteiger partial charge in [0.05, 0.1) is 18.3 Å². The average molecular weight is 467 g/mol. The number of hydrogen-bond donors (Lipinski definition) is 3. The quantitative estimate of drug-likeness (QED) is 0.244. The Morgan fingerprint density at radius 2 is 2.03 bits per heavy atom. The summed E-state index contributed by atoms with van der Waals surface area (Å²) < 4.78 is 10.6. The van der Waals surface area contributed by atoms with Gasteiger partial charge < -0.3 is 24.8 Å². The summed E-state index contributed by atoms with van der Waals surface area (Å²) in [4.78, 5) is 11.5. The maximum absolute atomic E-state index is 11.5. The zero-order chi connectivity index (χ0) is 23.5. The van der Waals surface area contributed by atoms with Crippen LogP contribution in [-0.2, 0) is 9.53 Å². The van der Waals surface area contributed by atoms with Crippen LogP contribution >= 0.6 is 11.6 Å². The fourth-order valence-electron chi connectivity index (χ4n) is 3.81. The van der Waals surface area contributed by atoms with E-state index in [1.165, 1.54) is 0 Å². The molecule has 1 aromatic rings. The lowest BCUT2D eigenvalue weighted by atomic mass is 9.89. The Kier molecular flexibility index (Phi) is 11.2. The third kappa shape index (κ3) is 9.33. The van der Waals surface area contributed by atoms with E-state index in [1.807, 2.05) is 26.0 Å². The number of rotatable bonds is 12. The minimum atomic E-state index is -0.847. The van der Waals surface area contributed by atoms with Crippen LogP contribution in [0.2, 0.25) is 5.02 Å². The van der Waals surface area contributed by atoms with Gasteiger partial charge in [0.15, 0.2) is 0 Å². The minimum absolute atomic E-state index is 0.0615. The Morgan fingerprint density at radius 1 is 1.25 bits per heavy atom. The molecule has 1 saturated carbocycles. The van der Waals surface area contributed by atoms with E-state index in [1.54, 1.807) is 36.4 Å². The molecule has 32 heavy (non-hydrogen) atoms. The molecule has 6 nitrogen and oxygen atoms in total. The summed E-state index contributed by atoms with van der Waals surface area (Å²) in [6.07, 6.45) is 7.90. The molecule has 3 N–H and O–H groups in total. The molecular formula is C25H35ClO6. The first kappa shape index (κ1) is 26.4.